The van der Waals surface area contributed by atoms with Gasteiger partial charge in [0.15, 0.2) is 0 Å². The van der Waals surface area contributed by atoms with Gasteiger partial charge in [0.05, 0.1) is 0 Å². The third-order valence-corrected chi connectivity index (χ3v) is 0. The van der Waals surface area contributed by atoms with Crippen molar-refractivity contribution < 1.29 is 0 Å². The van der Waals surface area contributed by atoms with Gasteiger partial charge in [0, 0.05) is 0 Å². The van der Waals surface area contributed by atoms with Crippen LogP contribution in [0.15, 0.2) is 0 Å². The van der Waals surface area contributed by atoms with E-state index in [2.05, 4.69) is 19.4 Å². The van der Waals surface area contributed by atoms with Crippen LogP contribution in [0.2, 0.25) is 0 Å². The number of hydrogen-bond donors (Lipinski definition) is 0. The molecule has 0 aliphatic carbocycles. The first-order chi connectivity index (χ1) is 2.00. The molecule has 0 fully saturated rings. The van der Waals surface area contributed by atoms with Crippen LogP contribution in [0.3, 0.4) is 0 Å². The summed E-state index contributed by atoms with van der Waals surface area (Å²) in [5.41, 5.74) is 0. The second-order valence-electron chi connectivity index (χ2n) is 0. The van der Waals surface area contributed by atoms with Crippen LogP contribution < -0.4 is 0 Å². The molecular formula is C2H2BrK. The summed E-state index contributed by atoms with van der Waals surface area (Å²) >= 11 is 0.875. The van der Waals surface area contributed by atoms with Crippen LogP contribution in [0.25, 0.3) is 0 Å². The minimum absolute atomic E-state index is 0.875. The molecule has 0 saturated heterocycles. The van der Waals surface area contributed by atoms with Crippen molar-refractivity contribution in [1.29, 1.82) is 0 Å². The average Bonchev–Trinajstić information content (AvgIpc) is 1.50. The van der Waals surface area contributed by atoms with E-state index in [1.165, 1.54) is 0 Å². The molecule has 0 aromatic carbocycles. The van der Waals surface area contributed by atoms with Crippen molar-refractivity contribution in [3.05, 3.63) is 0 Å². The maximum atomic E-state index is 4.00. The first-order valence-corrected chi connectivity index (χ1v) is 8.43. The van der Waals surface area contributed by atoms with E-state index in [1.54, 1.807) is 0 Å². The molecule has 2 heteroatoms. The van der Waals surface area contributed by atoms with Crippen molar-refractivity contribution in [3.8, 4) is 12.8 Å². The summed E-state index contributed by atoms with van der Waals surface area (Å²) in [6.45, 7) is 3.12. The van der Waals surface area contributed by atoms with Gasteiger partial charge in [0.2, 0.25) is 0 Å². The number of halogens is 1. The first kappa shape index (κ1) is 9.18. The van der Waals surface area contributed by atoms with Crippen molar-refractivity contribution in [2.45, 2.75) is 0 Å². The zero-order chi connectivity index (χ0) is 4.00. The van der Waals surface area contributed by atoms with E-state index in [0.717, 1.165) is 45.4 Å². The van der Waals surface area contributed by atoms with Crippen molar-refractivity contribution in [2.24, 2.45) is 0 Å². The van der Waals surface area contributed by atoms with Crippen LogP contribution in [-0.4, -0.2) is 45.4 Å². The molecule has 0 radical (unpaired) electrons. The molecule has 0 aliphatic heterocycles. The molecule has 0 N–H and O–H groups in total. The normalized spacial score (nSPS) is 2.25. The fourth-order valence-corrected chi connectivity index (χ4v) is 0. The average molecular weight is 145 g/mol. The second-order valence-corrected chi connectivity index (χ2v) is 0. The summed E-state index contributed by atoms with van der Waals surface area (Å²) in [4.78, 5) is 0. The number of rotatable bonds is 0. The van der Waals surface area contributed by atoms with Crippen LogP contribution in [-0.2, 0) is 0 Å². The van der Waals surface area contributed by atoms with Crippen LogP contribution in [0.1, 0.15) is 0 Å². The molecule has 0 aliphatic rings. The van der Waals surface area contributed by atoms with Crippen LogP contribution in [0, 0.1) is 12.8 Å². The fourth-order valence-electron chi connectivity index (χ4n) is 0. The van der Waals surface area contributed by atoms with Gasteiger partial charge in [0.1, 0.15) is 0 Å². The summed E-state index contributed by atoms with van der Waals surface area (Å²) < 4.78 is 0. The van der Waals surface area contributed by atoms with E-state index in [4.69, 9.17) is 0 Å². The van der Waals surface area contributed by atoms with Gasteiger partial charge in [-0.05, 0) is 0 Å². The molecular weight excluding hydrogens is 143 g/mol. The number of hydrogen-bond acceptors (Lipinski definition) is 0. The minimum atomic E-state index is 0.875. The van der Waals surface area contributed by atoms with E-state index in [1.807, 2.05) is 0 Å². The van der Waals surface area contributed by atoms with Gasteiger partial charge in [-0.2, -0.15) is 0 Å². The standard InChI is InChI=1S/C2H2.BrH.K/c1-2;;/h1-2H;1H;/q;;+1/p-1. The van der Waals surface area contributed by atoms with Gasteiger partial charge < -0.3 is 0 Å². The van der Waals surface area contributed by atoms with E-state index in [9.17, 15) is 0 Å². The van der Waals surface area contributed by atoms with Crippen molar-refractivity contribution >= 4 is 52.0 Å². The summed E-state index contributed by atoms with van der Waals surface area (Å²) in [6.07, 6.45) is 8.00. The Kier molecular flexibility index (Phi) is 51.6. The van der Waals surface area contributed by atoms with Crippen LogP contribution in [0.4, 0.5) is 0 Å². The zero-order valence-corrected chi connectivity index (χ0v) is 7.24. The Hall–Kier alpha value is 1.68. The topological polar surface area (TPSA) is 0 Å². The molecule has 0 heterocycles. The Morgan fingerprint density at radius 2 is 1.25 bits per heavy atom. The van der Waals surface area contributed by atoms with Gasteiger partial charge in [0.25, 0.3) is 0 Å². The SMILES string of the molecule is C#C.[K][Br]. The molecule has 0 amide bonds. The van der Waals surface area contributed by atoms with E-state index in [-0.39, 0.29) is 0 Å². The van der Waals surface area contributed by atoms with Gasteiger partial charge in [-0.3, -0.25) is 0 Å². The second kappa shape index (κ2) is 22.5. The monoisotopic (exact) mass is 144 g/mol. The molecule has 0 bridgehead atoms. The van der Waals surface area contributed by atoms with Crippen molar-refractivity contribution in [1.82, 2.24) is 0 Å². The van der Waals surface area contributed by atoms with E-state index in [0.29, 0.717) is 0 Å². The predicted molar refractivity (Wildman–Crippen MR) is 24.6 cm³/mol. The maximum absolute atomic E-state index is 4.00. The molecule has 0 saturated carbocycles. The first-order valence-electron chi connectivity index (χ1n) is 0.711. The molecule has 4 heavy (non-hydrogen) atoms. The summed E-state index contributed by atoms with van der Waals surface area (Å²) in [5, 5.41) is 0. The molecule has 0 nitrogen and oxygen atoms in total. The fraction of sp³-hybridized carbons (Fsp3) is 0. The van der Waals surface area contributed by atoms with Crippen molar-refractivity contribution in [2.75, 3.05) is 0 Å². The van der Waals surface area contributed by atoms with Crippen LogP contribution in [0.5, 0.6) is 0 Å². The molecule has 0 atom stereocenters. The Bertz CT molecular complexity index is 10.8. The molecule has 0 unspecified atom stereocenters. The van der Waals surface area contributed by atoms with Gasteiger partial charge >= 0.3 is 52.0 Å². The third kappa shape index (κ3) is 9.37. The van der Waals surface area contributed by atoms with E-state index < -0.39 is 0 Å². The predicted octanol–water partition coefficient (Wildman–Crippen LogP) is 0.714. The molecule has 0 rings (SSSR count). The summed E-state index contributed by atoms with van der Waals surface area (Å²) in [7, 11) is 0. The Morgan fingerprint density at radius 1 is 1.25 bits per heavy atom. The van der Waals surface area contributed by atoms with E-state index >= 15 is 0 Å². The van der Waals surface area contributed by atoms with Gasteiger partial charge in [-0.15, -0.1) is 12.8 Å². The van der Waals surface area contributed by atoms with Gasteiger partial charge in [-0.25, -0.2) is 0 Å². The molecule has 0 aromatic rings. The molecule has 18 valence electrons. The third-order valence-electron chi connectivity index (χ3n) is 0. The quantitative estimate of drug-likeness (QED) is 0.348. The summed E-state index contributed by atoms with van der Waals surface area (Å²) in [5.74, 6) is 0. The summed E-state index contributed by atoms with van der Waals surface area (Å²) in [6, 6.07) is 0. The Morgan fingerprint density at radius 3 is 1.25 bits per heavy atom. The Labute approximate surface area is 63.2 Å². The number of terminal acetylenes is 1. The van der Waals surface area contributed by atoms with Crippen molar-refractivity contribution in [3.63, 3.8) is 0 Å². The molecule has 0 aromatic heterocycles. The molecule has 0 spiro atoms. The zero-order valence-electron chi connectivity index (χ0n) is 2.53. The van der Waals surface area contributed by atoms with Crippen LogP contribution >= 0.6 is 6.60 Å². The van der Waals surface area contributed by atoms with Gasteiger partial charge in [-0.1, -0.05) is 0 Å². The Balaban J connectivity index is 0.